The molecule has 0 radical (unpaired) electrons. The second kappa shape index (κ2) is 9.01. The highest BCUT2D eigenvalue weighted by molar-refractivity contribution is 14.0. The van der Waals surface area contributed by atoms with Gasteiger partial charge in [0.1, 0.15) is 5.75 Å². The number of hydrogen-bond acceptors (Lipinski definition) is 4. The fourth-order valence-corrected chi connectivity index (χ4v) is 1.93. The van der Waals surface area contributed by atoms with Gasteiger partial charge in [-0.2, -0.15) is 0 Å². The highest BCUT2D eigenvalue weighted by Gasteiger charge is 2.02. The van der Waals surface area contributed by atoms with Crippen LogP contribution in [0.5, 0.6) is 5.75 Å². The Morgan fingerprint density at radius 3 is 3.05 bits per heavy atom. The van der Waals surface area contributed by atoms with Crippen molar-refractivity contribution in [2.24, 2.45) is 4.99 Å². The van der Waals surface area contributed by atoms with E-state index in [0.717, 1.165) is 44.2 Å². The number of hydrogen-bond donors (Lipinski definition) is 2. The minimum Gasteiger partial charge on any atom is -0.494 e. The van der Waals surface area contributed by atoms with Gasteiger partial charge in [-0.05, 0) is 37.5 Å². The highest BCUT2D eigenvalue weighted by Crippen LogP contribution is 2.13. The Morgan fingerprint density at radius 1 is 1.42 bits per heavy atom. The van der Waals surface area contributed by atoms with Crippen LogP contribution in [0.3, 0.4) is 0 Å². The Labute approximate surface area is 132 Å². The second-order valence-corrected chi connectivity index (χ2v) is 4.27. The van der Waals surface area contributed by atoms with E-state index >= 15 is 0 Å². The molecule has 0 fully saturated rings. The Kier molecular flexibility index (Phi) is 7.62. The van der Waals surface area contributed by atoms with Crippen LogP contribution in [0.4, 0.5) is 0 Å². The van der Waals surface area contributed by atoms with Crippen LogP contribution in [0.1, 0.15) is 18.9 Å². The molecule has 0 saturated carbocycles. The van der Waals surface area contributed by atoms with Gasteiger partial charge in [0.25, 0.3) is 0 Å². The molecule has 0 aromatic heterocycles. The zero-order valence-electron chi connectivity index (χ0n) is 11.3. The molecule has 106 valence electrons. The van der Waals surface area contributed by atoms with E-state index in [4.69, 9.17) is 4.74 Å². The molecule has 1 heterocycles. The Hall–Kier alpha value is -0.980. The van der Waals surface area contributed by atoms with E-state index < -0.39 is 0 Å². The number of guanidine groups is 1. The van der Waals surface area contributed by atoms with Crippen molar-refractivity contribution >= 4 is 29.9 Å². The number of ether oxygens (including phenoxy) is 1. The van der Waals surface area contributed by atoms with E-state index in [9.17, 15) is 0 Å². The molecule has 0 bridgehead atoms. The van der Waals surface area contributed by atoms with Gasteiger partial charge >= 0.3 is 0 Å². The average molecular weight is 375 g/mol. The van der Waals surface area contributed by atoms with Crippen molar-refractivity contribution in [3.63, 3.8) is 0 Å². The van der Waals surface area contributed by atoms with Gasteiger partial charge in [0.15, 0.2) is 5.96 Å². The first-order chi connectivity index (χ1) is 8.88. The van der Waals surface area contributed by atoms with Crippen LogP contribution >= 0.6 is 24.0 Å². The number of benzene rings is 1. The molecule has 1 aliphatic heterocycles. The first-order valence-electron chi connectivity index (χ1n) is 6.62. The molecule has 1 aromatic carbocycles. The summed E-state index contributed by atoms with van der Waals surface area (Å²) in [4.78, 5) is 4.38. The molecule has 1 aliphatic rings. The SMILES string of the molecule is CCOc1cccc(CCNC2=NCCCN2)c1.I. The van der Waals surface area contributed by atoms with Crippen LogP contribution in [0, 0.1) is 0 Å². The van der Waals surface area contributed by atoms with Crippen LogP contribution in [0.25, 0.3) is 0 Å². The lowest BCUT2D eigenvalue weighted by molar-refractivity contribution is 0.340. The highest BCUT2D eigenvalue weighted by atomic mass is 127. The third kappa shape index (κ3) is 5.67. The van der Waals surface area contributed by atoms with E-state index in [2.05, 4.69) is 27.8 Å². The topological polar surface area (TPSA) is 45.6 Å². The Morgan fingerprint density at radius 2 is 2.32 bits per heavy atom. The zero-order chi connectivity index (χ0) is 12.6. The second-order valence-electron chi connectivity index (χ2n) is 4.27. The van der Waals surface area contributed by atoms with Crippen molar-refractivity contribution < 1.29 is 4.74 Å². The van der Waals surface area contributed by atoms with Crippen molar-refractivity contribution in [2.45, 2.75) is 19.8 Å². The normalized spacial score (nSPS) is 13.8. The molecule has 4 nitrogen and oxygen atoms in total. The van der Waals surface area contributed by atoms with E-state index in [1.54, 1.807) is 0 Å². The minimum absolute atomic E-state index is 0. The molecule has 2 rings (SSSR count). The lowest BCUT2D eigenvalue weighted by Gasteiger charge is -2.16. The number of rotatable bonds is 5. The van der Waals surface area contributed by atoms with Gasteiger partial charge in [-0.1, -0.05) is 12.1 Å². The van der Waals surface area contributed by atoms with Crippen molar-refractivity contribution in [1.82, 2.24) is 10.6 Å². The smallest absolute Gasteiger partial charge is 0.191 e. The predicted octanol–water partition coefficient (Wildman–Crippen LogP) is 2.18. The molecule has 0 atom stereocenters. The van der Waals surface area contributed by atoms with Gasteiger partial charge in [-0.3, -0.25) is 4.99 Å². The van der Waals surface area contributed by atoms with Crippen LogP contribution in [-0.4, -0.2) is 32.2 Å². The fraction of sp³-hybridized carbons (Fsp3) is 0.500. The number of nitrogens with zero attached hydrogens (tertiary/aromatic N) is 1. The fourth-order valence-electron chi connectivity index (χ4n) is 1.93. The van der Waals surface area contributed by atoms with E-state index in [0.29, 0.717) is 6.61 Å². The summed E-state index contributed by atoms with van der Waals surface area (Å²) in [7, 11) is 0. The predicted molar refractivity (Wildman–Crippen MR) is 89.7 cm³/mol. The molecule has 0 aliphatic carbocycles. The van der Waals surface area contributed by atoms with Gasteiger partial charge in [-0.25, -0.2) is 0 Å². The maximum absolute atomic E-state index is 5.49. The van der Waals surface area contributed by atoms with Crippen LogP contribution < -0.4 is 15.4 Å². The van der Waals surface area contributed by atoms with E-state index in [-0.39, 0.29) is 24.0 Å². The van der Waals surface area contributed by atoms with Crippen molar-refractivity contribution in [3.05, 3.63) is 29.8 Å². The summed E-state index contributed by atoms with van der Waals surface area (Å²) < 4.78 is 5.49. The molecule has 2 N–H and O–H groups in total. The average Bonchev–Trinajstić information content (AvgIpc) is 2.41. The minimum atomic E-state index is 0. The first kappa shape index (κ1) is 16.1. The molecule has 1 aromatic rings. The maximum atomic E-state index is 5.49. The van der Waals surface area contributed by atoms with Gasteiger partial charge in [0.2, 0.25) is 0 Å². The van der Waals surface area contributed by atoms with Crippen LogP contribution in [-0.2, 0) is 6.42 Å². The largest absolute Gasteiger partial charge is 0.494 e. The Balaban J connectivity index is 0.00000180. The molecule has 0 unspecified atom stereocenters. The van der Waals surface area contributed by atoms with Gasteiger partial charge in [0.05, 0.1) is 6.61 Å². The van der Waals surface area contributed by atoms with Crippen molar-refractivity contribution in [1.29, 1.82) is 0 Å². The first-order valence-corrected chi connectivity index (χ1v) is 6.62. The van der Waals surface area contributed by atoms with E-state index in [1.807, 2.05) is 19.1 Å². The van der Waals surface area contributed by atoms with Gasteiger partial charge < -0.3 is 15.4 Å². The zero-order valence-corrected chi connectivity index (χ0v) is 13.6. The van der Waals surface area contributed by atoms with Crippen molar-refractivity contribution in [2.75, 3.05) is 26.2 Å². The Bertz CT molecular complexity index is 409. The number of halogens is 1. The molecule has 0 amide bonds. The monoisotopic (exact) mass is 375 g/mol. The van der Waals surface area contributed by atoms with E-state index in [1.165, 1.54) is 5.56 Å². The maximum Gasteiger partial charge on any atom is 0.191 e. The number of aliphatic imine (C=N–C) groups is 1. The van der Waals surface area contributed by atoms with Crippen molar-refractivity contribution in [3.8, 4) is 5.75 Å². The van der Waals surface area contributed by atoms with Gasteiger partial charge in [0, 0.05) is 19.6 Å². The molecular weight excluding hydrogens is 353 g/mol. The summed E-state index contributed by atoms with van der Waals surface area (Å²) >= 11 is 0. The third-order valence-electron chi connectivity index (χ3n) is 2.81. The van der Waals surface area contributed by atoms with Crippen LogP contribution in [0.2, 0.25) is 0 Å². The summed E-state index contributed by atoms with van der Waals surface area (Å²) in [5.74, 6) is 1.88. The van der Waals surface area contributed by atoms with Crippen LogP contribution in [0.15, 0.2) is 29.3 Å². The third-order valence-corrected chi connectivity index (χ3v) is 2.81. The lowest BCUT2D eigenvalue weighted by Crippen LogP contribution is -2.41. The molecule has 0 spiro atoms. The summed E-state index contributed by atoms with van der Waals surface area (Å²) in [6.07, 6.45) is 2.10. The summed E-state index contributed by atoms with van der Waals surface area (Å²) in [5.41, 5.74) is 1.28. The summed E-state index contributed by atoms with van der Waals surface area (Å²) in [5, 5.41) is 6.57. The van der Waals surface area contributed by atoms with Gasteiger partial charge in [-0.15, -0.1) is 24.0 Å². The lowest BCUT2D eigenvalue weighted by atomic mass is 10.1. The number of nitrogens with one attached hydrogen (secondary N) is 2. The molecule has 19 heavy (non-hydrogen) atoms. The quantitative estimate of drug-likeness (QED) is 0.776. The summed E-state index contributed by atoms with van der Waals surface area (Å²) in [6.45, 7) is 5.55. The molecular formula is C14H22IN3O. The molecule has 5 heteroatoms. The standard InChI is InChI=1S/C14H21N3O.HI/c1-2-18-13-6-3-5-12(11-13)7-10-17-14-15-8-4-9-16-14;/h3,5-6,11H,2,4,7-10H2,1H3,(H2,15,16,17);1H. The molecule has 0 saturated heterocycles. The summed E-state index contributed by atoms with van der Waals surface area (Å²) in [6, 6.07) is 8.26.